The monoisotopic (exact) mass is 335 g/mol. The lowest BCUT2D eigenvalue weighted by Gasteiger charge is -2.24. The van der Waals surface area contributed by atoms with Crippen LogP contribution in [0.25, 0.3) is 0 Å². The Morgan fingerprint density at radius 2 is 1.91 bits per heavy atom. The Bertz CT molecular complexity index is 628. The minimum atomic E-state index is -0.385. The molecule has 2 aliphatic heterocycles. The molecule has 0 bridgehead atoms. The molecule has 124 valence electrons. The van der Waals surface area contributed by atoms with Gasteiger partial charge in [-0.05, 0) is 31.9 Å². The molecule has 0 spiro atoms. The molecule has 3 heterocycles. The zero-order valence-electron chi connectivity index (χ0n) is 13.2. The summed E-state index contributed by atoms with van der Waals surface area (Å²) in [5, 5.41) is 2.72. The molecule has 2 aliphatic rings. The van der Waals surface area contributed by atoms with Crippen LogP contribution in [0.2, 0.25) is 0 Å². The van der Waals surface area contributed by atoms with E-state index in [4.69, 9.17) is 0 Å². The van der Waals surface area contributed by atoms with Gasteiger partial charge in [0.2, 0.25) is 11.8 Å². The van der Waals surface area contributed by atoms with Crippen LogP contribution in [0, 0.1) is 6.92 Å². The highest BCUT2D eigenvalue weighted by molar-refractivity contribution is 7.13. The first-order chi connectivity index (χ1) is 11.0. The highest BCUT2D eigenvalue weighted by Gasteiger charge is 2.32. The van der Waals surface area contributed by atoms with Crippen molar-refractivity contribution in [2.75, 3.05) is 26.2 Å². The zero-order chi connectivity index (χ0) is 16.4. The molecule has 3 rings (SSSR count). The molecular weight excluding hydrogens is 314 g/mol. The third-order valence-electron chi connectivity index (χ3n) is 4.34. The van der Waals surface area contributed by atoms with Gasteiger partial charge in [-0.25, -0.2) is 0 Å². The number of nitrogens with zero attached hydrogens (tertiary/aromatic N) is 2. The molecule has 1 aromatic rings. The molecular formula is C16H21N3O3S. The number of amides is 3. The lowest BCUT2D eigenvalue weighted by Crippen LogP contribution is -2.46. The summed E-state index contributed by atoms with van der Waals surface area (Å²) in [5.41, 5.74) is 0. The minimum absolute atomic E-state index is 0.0166. The van der Waals surface area contributed by atoms with Gasteiger partial charge < -0.3 is 15.1 Å². The van der Waals surface area contributed by atoms with E-state index >= 15 is 0 Å². The summed E-state index contributed by atoms with van der Waals surface area (Å²) in [5.74, 6) is -0.0215. The van der Waals surface area contributed by atoms with Crippen molar-refractivity contribution in [1.29, 1.82) is 0 Å². The van der Waals surface area contributed by atoms with Crippen molar-refractivity contribution in [3.8, 4) is 0 Å². The second-order valence-corrected chi connectivity index (χ2v) is 7.33. The number of nitrogens with one attached hydrogen (secondary N) is 1. The number of rotatable bonds is 2. The minimum Gasteiger partial charge on any atom is -0.344 e. The van der Waals surface area contributed by atoms with E-state index in [1.165, 1.54) is 11.3 Å². The molecule has 0 radical (unpaired) electrons. The molecule has 0 saturated carbocycles. The standard InChI is InChI=1S/C16H21N3O3S/c1-11-3-5-13(23-11)16(22)19-8-2-7-18(9-10-19)15(21)12-4-6-14(20)17-12/h3,5,12H,2,4,6-10H2,1H3,(H,17,20). The summed E-state index contributed by atoms with van der Waals surface area (Å²) < 4.78 is 0. The van der Waals surface area contributed by atoms with Gasteiger partial charge in [-0.15, -0.1) is 11.3 Å². The smallest absolute Gasteiger partial charge is 0.263 e. The van der Waals surface area contributed by atoms with E-state index in [0.717, 1.165) is 16.2 Å². The summed E-state index contributed by atoms with van der Waals surface area (Å²) in [6.07, 6.45) is 1.76. The van der Waals surface area contributed by atoms with Gasteiger partial charge in [-0.2, -0.15) is 0 Å². The maximum atomic E-state index is 12.5. The average Bonchev–Trinajstić information content (AvgIpc) is 3.07. The Balaban J connectivity index is 1.59. The van der Waals surface area contributed by atoms with Crippen LogP contribution in [0.3, 0.4) is 0 Å². The number of carbonyl (C=O) groups is 3. The lowest BCUT2D eigenvalue weighted by atomic mass is 10.2. The van der Waals surface area contributed by atoms with Crippen molar-refractivity contribution in [1.82, 2.24) is 15.1 Å². The van der Waals surface area contributed by atoms with E-state index in [1.807, 2.05) is 24.0 Å². The zero-order valence-corrected chi connectivity index (χ0v) is 14.0. The van der Waals surface area contributed by atoms with E-state index in [0.29, 0.717) is 39.0 Å². The van der Waals surface area contributed by atoms with E-state index in [2.05, 4.69) is 5.32 Å². The Morgan fingerprint density at radius 1 is 1.17 bits per heavy atom. The van der Waals surface area contributed by atoms with Gasteiger partial charge in [0.1, 0.15) is 6.04 Å². The molecule has 7 heteroatoms. The van der Waals surface area contributed by atoms with Crippen LogP contribution in [0.15, 0.2) is 12.1 Å². The third kappa shape index (κ3) is 3.55. The molecule has 0 aliphatic carbocycles. The summed E-state index contributed by atoms with van der Waals surface area (Å²) in [7, 11) is 0. The largest absolute Gasteiger partial charge is 0.344 e. The van der Waals surface area contributed by atoms with Crippen LogP contribution < -0.4 is 5.32 Å². The van der Waals surface area contributed by atoms with Gasteiger partial charge in [0.05, 0.1) is 4.88 Å². The van der Waals surface area contributed by atoms with Crippen LogP contribution in [0.1, 0.15) is 33.8 Å². The molecule has 3 amide bonds. The maximum absolute atomic E-state index is 12.5. The quantitative estimate of drug-likeness (QED) is 0.877. The summed E-state index contributed by atoms with van der Waals surface area (Å²) in [6, 6.07) is 3.43. The summed E-state index contributed by atoms with van der Waals surface area (Å²) in [4.78, 5) is 41.7. The highest BCUT2D eigenvalue weighted by atomic mass is 32.1. The predicted molar refractivity (Wildman–Crippen MR) is 87.3 cm³/mol. The first-order valence-electron chi connectivity index (χ1n) is 7.98. The fourth-order valence-electron chi connectivity index (χ4n) is 3.07. The Kier molecular flexibility index (Phi) is 4.66. The summed E-state index contributed by atoms with van der Waals surface area (Å²) in [6.45, 7) is 4.36. The second-order valence-electron chi connectivity index (χ2n) is 6.04. The SMILES string of the molecule is Cc1ccc(C(=O)N2CCCN(C(=O)C3CCC(=O)N3)CC2)s1. The summed E-state index contributed by atoms with van der Waals surface area (Å²) >= 11 is 1.50. The van der Waals surface area contributed by atoms with E-state index in [9.17, 15) is 14.4 Å². The van der Waals surface area contributed by atoms with E-state index < -0.39 is 0 Å². The van der Waals surface area contributed by atoms with Crippen molar-refractivity contribution in [2.24, 2.45) is 0 Å². The van der Waals surface area contributed by atoms with Crippen molar-refractivity contribution in [3.05, 3.63) is 21.9 Å². The fraction of sp³-hybridized carbons (Fsp3) is 0.562. The average molecular weight is 335 g/mol. The topological polar surface area (TPSA) is 69.7 Å². The first kappa shape index (κ1) is 16.0. The van der Waals surface area contributed by atoms with E-state index in [-0.39, 0.29) is 23.8 Å². The number of thiophene rings is 1. The molecule has 2 fully saturated rings. The lowest BCUT2D eigenvalue weighted by molar-refractivity contribution is -0.134. The van der Waals surface area contributed by atoms with Gasteiger partial charge in [0, 0.05) is 37.5 Å². The molecule has 2 saturated heterocycles. The highest BCUT2D eigenvalue weighted by Crippen LogP contribution is 2.19. The Labute approximate surface area is 139 Å². The second kappa shape index (κ2) is 6.70. The Morgan fingerprint density at radius 3 is 2.57 bits per heavy atom. The first-order valence-corrected chi connectivity index (χ1v) is 8.80. The maximum Gasteiger partial charge on any atom is 0.263 e. The number of aryl methyl sites for hydroxylation is 1. The van der Waals surface area contributed by atoms with E-state index in [1.54, 1.807) is 4.90 Å². The van der Waals surface area contributed by atoms with Gasteiger partial charge in [-0.1, -0.05) is 0 Å². The van der Waals surface area contributed by atoms with Crippen molar-refractivity contribution >= 4 is 29.1 Å². The van der Waals surface area contributed by atoms with Gasteiger partial charge in [-0.3, -0.25) is 14.4 Å². The van der Waals surface area contributed by atoms with Crippen LogP contribution in [-0.4, -0.2) is 59.7 Å². The van der Waals surface area contributed by atoms with Gasteiger partial charge in [0.15, 0.2) is 0 Å². The molecule has 23 heavy (non-hydrogen) atoms. The van der Waals surface area contributed by atoms with Crippen LogP contribution in [0.5, 0.6) is 0 Å². The van der Waals surface area contributed by atoms with Crippen LogP contribution in [-0.2, 0) is 9.59 Å². The van der Waals surface area contributed by atoms with Crippen molar-refractivity contribution in [3.63, 3.8) is 0 Å². The normalized spacial score (nSPS) is 22.0. The molecule has 0 aromatic carbocycles. The van der Waals surface area contributed by atoms with Gasteiger partial charge >= 0.3 is 0 Å². The predicted octanol–water partition coefficient (Wildman–Crippen LogP) is 1.01. The third-order valence-corrected chi connectivity index (χ3v) is 5.33. The number of hydrogen-bond acceptors (Lipinski definition) is 4. The number of hydrogen-bond donors (Lipinski definition) is 1. The van der Waals surface area contributed by atoms with Crippen molar-refractivity contribution in [2.45, 2.75) is 32.2 Å². The van der Waals surface area contributed by atoms with Gasteiger partial charge in [0.25, 0.3) is 5.91 Å². The molecule has 6 nitrogen and oxygen atoms in total. The van der Waals surface area contributed by atoms with Crippen LogP contribution >= 0.6 is 11.3 Å². The molecule has 1 unspecified atom stereocenters. The Hall–Kier alpha value is -1.89. The molecule has 1 N–H and O–H groups in total. The molecule has 1 atom stereocenters. The molecule has 1 aromatic heterocycles. The van der Waals surface area contributed by atoms with Crippen molar-refractivity contribution < 1.29 is 14.4 Å². The fourth-order valence-corrected chi connectivity index (χ4v) is 3.90. The van der Waals surface area contributed by atoms with Crippen LogP contribution in [0.4, 0.5) is 0 Å². The number of carbonyl (C=O) groups excluding carboxylic acids is 3.